The highest BCUT2D eigenvalue weighted by Crippen LogP contribution is 2.32. The van der Waals surface area contributed by atoms with Crippen molar-refractivity contribution in [2.24, 2.45) is 0 Å². The molecule has 1 aliphatic rings. The van der Waals surface area contributed by atoms with Crippen LogP contribution in [0.4, 0.5) is 5.69 Å². The Hall–Kier alpha value is -3.88. The quantitative estimate of drug-likeness (QED) is 0.611. The van der Waals surface area contributed by atoms with Crippen molar-refractivity contribution in [2.45, 2.75) is 33.4 Å². The number of aromatic nitrogens is 2. The molecular weight excluding hydrogens is 414 g/mol. The molecule has 32 heavy (non-hydrogen) atoms. The number of hydrogen-bond donors (Lipinski definition) is 1. The van der Waals surface area contributed by atoms with Crippen LogP contribution in [0.2, 0.25) is 0 Å². The third kappa shape index (κ3) is 4.14. The number of aryl methyl sites for hydroxylation is 2. The van der Waals surface area contributed by atoms with Gasteiger partial charge >= 0.3 is 5.97 Å². The summed E-state index contributed by atoms with van der Waals surface area (Å²) >= 11 is 0. The minimum atomic E-state index is -1.04. The molecule has 1 aromatic heterocycles. The summed E-state index contributed by atoms with van der Waals surface area (Å²) in [5.41, 5.74) is 2.06. The van der Waals surface area contributed by atoms with Gasteiger partial charge in [0.15, 0.2) is 17.6 Å². The number of esters is 1. The highest BCUT2D eigenvalue weighted by Gasteiger charge is 2.21. The summed E-state index contributed by atoms with van der Waals surface area (Å²) in [5.74, 6) is 0.0145. The van der Waals surface area contributed by atoms with E-state index >= 15 is 0 Å². The van der Waals surface area contributed by atoms with E-state index in [4.69, 9.17) is 14.2 Å². The number of carbonyl (C=O) groups excluding carboxylic acids is 2. The summed E-state index contributed by atoms with van der Waals surface area (Å²) in [6, 6.07) is 9.82. The van der Waals surface area contributed by atoms with E-state index in [2.05, 4.69) is 10.3 Å². The molecule has 1 atom stereocenters. The number of rotatable bonds is 5. The molecule has 4 rings (SSSR count). The number of anilines is 1. The average Bonchev–Trinajstić information content (AvgIpc) is 2.79. The number of fused-ring (bicyclic) bond motifs is 2. The first-order valence-corrected chi connectivity index (χ1v) is 10.3. The molecule has 1 unspecified atom stereocenters. The molecule has 3 aromatic rings. The van der Waals surface area contributed by atoms with Crippen molar-refractivity contribution in [3.63, 3.8) is 0 Å². The summed E-state index contributed by atoms with van der Waals surface area (Å²) in [6.45, 7) is 6.38. The smallest absolute Gasteiger partial charge is 0.338 e. The van der Waals surface area contributed by atoms with E-state index < -0.39 is 18.0 Å². The molecule has 1 aliphatic heterocycles. The van der Waals surface area contributed by atoms with Gasteiger partial charge in [0.1, 0.15) is 18.9 Å². The lowest BCUT2D eigenvalue weighted by Gasteiger charge is -2.19. The lowest BCUT2D eigenvalue weighted by Crippen LogP contribution is -2.30. The van der Waals surface area contributed by atoms with Gasteiger partial charge in [-0.2, -0.15) is 0 Å². The van der Waals surface area contributed by atoms with Crippen LogP contribution in [0.25, 0.3) is 11.0 Å². The zero-order chi connectivity index (χ0) is 22.8. The first-order chi connectivity index (χ1) is 15.4. The molecule has 0 fully saturated rings. The van der Waals surface area contributed by atoms with E-state index in [-0.39, 0.29) is 11.1 Å². The van der Waals surface area contributed by atoms with Gasteiger partial charge in [0.25, 0.3) is 11.5 Å². The molecule has 0 spiro atoms. The van der Waals surface area contributed by atoms with Gasteiger partial charge in [-0.3, -0.25) is 9.59 Å². The molecule has 9 nitrogen and oxygen atoms in total. The number of nitrogens with one attached hydrogen (secondary N) is 1. The fraction of sp³-hybridized carbons (Fsp3) is 0.304. The van der Waals surface area contributed by atoms with Gasteiger partial charge in [-0.25, -0.2) is 9.78 Å². The van der Waals surface area contributed by atoms with Gasteiger partial charge < -0.3 is 24.1 Å². The van der Waals surface area contributed by atoms with Crippen LogP contribution in [0.5, 0.6) is 11.5 Å². The van der Waals surface area contributed by atoms with Crippen LogP contribution < -0.4 is 20.3 Å². The van der Waals surface area contributed by atoms with Gasteiger partial charge in [0.2, 0.25) is 0 Å². The first kappa shape index (κ1) is 21.4. The van der Waals surface area contributed by atoms with Gasteiger partial charge in [-0.1, -0.05) is 0 Å². The van der Waals surface area contributed by atoms with E-state index in [9.17, 15) is 14.4 Å². The topological polar surface area (TPSA) is 109 Å². The molecule has 2 heterocycles. The van der Waals surface area contributed by atoms with Crippen LogP contribution in [0.15, 0.2) is 41.2 Å². The summed E-state index contributed by atoms with van der Waals surface area (Å²) < 4.78 is 17.9. The highest BCUT2D eigenvalue weighted by atomic mass is 16.6. The Labute approximate surface area is 183 Å². The first-order valence-electron chi connectivity index (χ1n) is 10.3. The van der Waals surface area contributed by atoms with Crippen molar-refractivity contribution >= 4 is 28.6 Å². The second-order valence-corrected chi connectivity index (χ2v) is 7.35. The van der Waals surface area contributed by atoms with E-state index in [0.29, 0.717) is 53.7 Å². The van der Waals surface area contributed by atoms with Gasteiger partial charge in [-0.15, -0.1) is 0 Å². The maximum absolute atomic E-state index is 12.6. The van der Waals surface area contributed by atoms with E-state index in [1.807, 2.05) is 6.92 Å². The fourth-order valence-electron chi connectivity index (χ4n) is 3.46. The van der Waals surface area contributed by atoms with Gasteiger partial charge in [0, 0.05) is 18.3 Å². The van der Waals surface area contributed by atoms with Crippen LogP contribution >= 0.6 is 0 Å². The monoisotopic (exact) mass is 437 g/mol. The maximum Gasteiger partial charge on any atom is 0.338 e. The molecule has 0 radical (unpaired) electrons. The molecule has 0 saturated carbocycles. The third-order valence-electron chi connectivity index (χ3n) is 5.12. The van der Waals surface area contributed by atoms with Crippen molar-refractivity contribution in [1.29, 1.82) is 0 Å². The molecule has 0 saturated heterocycles. The normalized spacial score (nSPS) is 13.5. The standard InChI is InChI=1S/C23H23N3O6/c1-4-26-18-7-5-15(11-17(18)24-13(2)22(26)28)23(29)32-14(3)21(27)25-16-6-8-19-20(12-16)31-10-9-30-19/h5-8,11-12,14H,4,9-10H2,1-3H3,(H,25,27). The lowest BCUT2D eigenvalue weighted by molar-refractivity contribution is -0.123. The van der Waals surface area contributed by atoms with Crippen LogP contribution in [0.3, 0.4) is 0 Å². The van der Waals surface area contributed by atoms with Crippen LogP contribution in [-0.4, -0.2) is 40.7 Å². The molecule has 0 bridgehead atoms. The highest BCUT2D eigenvalue weighted by molar-refractivity contribution is 5.98. The molecular formula is C23H23N3O6. The number of benzene rings is 2. The number of ether oxygens (including phenoxy) is 3. The largest absolute Gasteiger partial charge is 0.486 e. The van der Waals surface area contributed by atoms with Crippen molar-refractivity contribution < 1.29 is 23.8 Å². The Kier molecular flexibility index (Phi) is 5.81. The second kappa shape index (κ2) is 8.70. The van der Waals surface area contributed by atoms with Crippen LogP contribution in [0, 0.1) is 6.92 Å². The van der Waals surface area contributed by atoms with Crippen molar-refractivity contribution in [1.82, 2.24) is 9.55 Å². The minimum Gasteiger partial charge on any atom is -0.486 e. The summed E-state index contributed by atoms with van der Waals surface area (Å²) in [6.07, 6.45) is -1.04. The maximum atomic E-state index is 12.6. The third-order valence-corrected chi connectivity index (χ3v) is 5.12. The Morgan fingerprint density at radius 2 is 1.91 bits per heavy atom. The van der Waals surface area contributed by atoms with E-state index in [1.165, 1.54) is 6.92 Å². The number of carbonyl (C=O) groups is 2. The van der Waals surface area contributed by atoms with Crippen LogP contribution in [-0.2, 0) is 16.1 Å². The molecule has 2 aromatic carbocycles. The second-order valence-electron chi connectivity index (χ2n) is 7.35. The number of hydrogen-bond acceptors (Lipinski definition) is 7. The zero-order valence-electron chi connectivity index (χ0n) is 18.0. The zero-order valence-corrected chi connectivity index (χ0v) is 18.0. The number of amides is 1. The number of nitrogens with zero attached hydrogens (tertiary/aromatic N) is 2. The summed E-state index contributed by atoms with van der Waals surface area (Å²) in [4.78, 5) is 41.7. The predicted octanol–water partition coefficient (Wildman–Crippen LogP) is 2.68. The fourth-order valence-corrected chi connectivity index (χ4v) is 3.46. The van der Waals surface area contributed by atoms with Crippen molar-refractivity contribution in [2.75, 3.05) is 18.5 Å². The molecule has 166 valence electrons. The molecule has 1 amide bonds. The molecule has 9 heteroatoms. The Morgan fingerprint density at radius 3 is 2.66 bits per heavy atom. The van der Waals surface area contributed by atoms with Crippen molar-refractivity contribution in [3.05, 3.63) is 58.0 Å². The van der Waals surface area contributed by atoms with Crippen LogP contribution in [0.1, 0.15) is 29.9 Å². The van der Waals surface area contributed by atoms with E-state index in [0.717, 1.165) is 0 Å². The van der Waals surface area contributed by atoms with Gasteiger partial charge in [0.05, 0.1) is 16.6 Å². The summed E-state index contributed by atoms with van der Waals surface area (Å²) in [5, 5.41) is 2.70. The average molecular weight is 437 g/mol. The Bertz CT molecular complexity index is 1270. The van der Waals surface area contributed by atoms with Gasteiger partial charge in [-0.05, 0) is 51.1 Å². The Morgan fingerprint density at radius 1 is 1.16 bits per heavy atom. The lowest BCUT2D eigenvalue weighted by atomic mass is 10.2. The Balaban J connectivity index is 1.47. The SMILES string of the molecule is CCn1c(=O)c(C)nc2cc(C(=O)OC(C)C(=O)Nc3ccc4c(c3)OCCO4)ccc21. The van der Waals surface area contributed by atoms with Crippen molar-refractivity contribution in [3.8, 4) is 11.5 Å². The molecule has 1 N–H and O–H groups in total. The molecule has 0 aliphatic carbocycles. The summed E-state index contributed by atoms with van der Waals surface area (Å²) in [7, 11) is 0. The van der Waals surface area contributed by atoms with E-state index in [1.54, 1.807) is 47.9 Å². The predicted molar refractivity (Wildman–Crippen MR) is 117 cm³/mol. The minimum absolute atomic E-state index is 0.167.